The monoisotopic (exact) mass is 340 g/mol. The van der Waals surface area contributed by atoms with E-state index < -0.39 is 5.91 Å². The molecule has 0 spiro atoms. The van der Waals surface area contributed by atoms with Crippen molar-refractivity contribution in [2.24, 2.45) is 0 Å². The molecule has 0 aliphatic rings. The van der Waals surface area contributed by atoms with E-state index in [2.05, 4.69) is 29.9 Å². The predicted octanol–water partition coefficient (Wildman–Crippen LogP) is 2.72. The number of nitrogens with one attached hydrogen (secondary N) is 2. The molecule has 0 heterocycles. The average molecular weight is 340 g/mol. The van der Waals surface area contributed by atoms with Crippen LogP contribution >= 0.6 is 0 Å². The van der Waals surface area contributed by atoms with Gasteiger partial charge in [0.15, 0.2) is 6.61 Å². The van der Waals surface area contributed by atoms with Crippen molar-refractivity contribution >= 4 is 11.8 Å². The molecule has 0 bridgehead atoms. The highest BCUT2D eigenvalue weighted by atomic mass is 16.5. The van der Waals surface area contributed by atoms with Gasteiger partial charge in [0.25, 0.3) is 5.91 Å². The molecule has 0 atom stereocenters. The zero-order valence-electron chi connectivity index (χ0n) is 14.7. The Balaban J connectivity index is 1.65. The smallest absolute Gasteiger partial charge is 0.276 e. The molecule has 25 heavy (non-hydrogen) atoms. The number of hydrogen-bond acceptors (Lipinski definition) is 3. The number of ether oxygens (including phenoxy) is 1. The van der Waals surface area contributed by atoms with Crippen molar-refractivity contribution in [1.82, 2.24) is 10.9 Å². The Morgan fingerprint density at radius 3 is 2.32 bits per heavy atom. The number of hydrazine groups is 1. The lowest BCUT2D eigenvalue weighted by Gasteiger charge is -2.09. The van der Waals surface area contributed by atoms with E-state index >= 15 is 0 Å². The van der Waals surface area contributed by atoms with Crippen molar-refractivity contribution in [1.29, 1.82) is 0 Å². The maximum atomic E-state index is 11.8. The first-order valence-electron chi connectivity index (χ1n) is 8.42. The van der Waals surface area contributed by atoms with E-state index in [4.69, 9.17) is 4.74 Å². The first-order chi connectivity index (χ1) is 12.1. The number of amides is 2. The third-order valence-corrected chi connectivity index (χ3v) is 3.77. The number of hydrogen-bond donors (Lipinski definition) is 2. The minimum Gasteiger partial charge on any atom is -0.484 e. The van der Waals surface area contributed by atoms with Gasteiger partial charge in [0, 0.05) is 6.42 Å². The van der Waals surface area contributed by atoms with E-state index in [0.29, 0.717) is 18.6 Å². The van der Waals surface area contributed by atoms with Gasteiger partial charge < -0.3 is 4.74 Å². The molecule has 2 amide bonds. The van der Waals surface area contributed by atoms with Crippen LogP contribution in [0.3, 0.4) is 0 Å². The van der Waals surface area contributed by atoms with Crippen molar-refractivity contribution < 1.29 is 14.3 Å². The Kier molecular flexibility index (Phi) is 7.01. The Morgan fingerprint density at radius 2 is 1.64 bits per heavy atom. The number of rotatable bonds is 7. The molecule has 2 aromatic carbocycles. The van der Waals surface area contributed by atoms with Crippen molar-refractivity contribution in [3.63, 3.8) is 0 Å². The van der Waals surface area contributed by atoms with E-state index in [1.807, 2.05) is 37.3 Å². The zero-order chi connectivity index (χ0) is 18.1. The zero-order valence-corrected chi connectivity index (χ0v) is 14.7. The van der Waals surface area contributed by atoms with Crippen molar-refractivity contribution in [3.05, 3.63) is 65.2 Å². The molecule has 0 saturated heterocycles. The van der Waals surface area contributed by atoms with Crippen LogP contribution in [0.4, 0.5) is 0 Å². The fourth-order valence-corrected chi connectivity index (χ4v) is 2.29. The average Bonchev–Trinajstić information content (AvgIpc) is 2.63. The van der Waals surface area contributed by atoms with E-state index in [9.17, 15) is 9.59 Å². The highest BCUT2D eigenvalue weighted by Gasteiger charge is 2.06. The van der Waals surface area contributed by atoms with Crippen molar-refractivity contribution in [2.75, 3.05) is 6.61 Å². The molecule has 5 nitrogen and oxygen atoms in total. The maximum absolute atomic E-state index is 11.8. The largest absolute Gasteiger partial charge is 0.484 e. The van der Waals surface area contributed by atoms with Gasteiger partial charge in [0.05, 0.1) is 0 Å². The van der Waals surface area contributed by atoms with Gasteiger partial charge in [-0.3, -0.25) is 20.4 Å². The second-order valence-electron chi connectivity index (χ2n) is 5.87. The van der Waals surface area contributed by atoms with Gasteiger partial charge in [0.2, 0.25) is 5.91 Å². The lowest BCUT2D eigenvalue weighted by Crippen LogP contribution is -2.43. The Morgan fingerprint density at radius 1 is 0.960 bits per heavy atom. The summed E-state index contributed by atoms with van der Waals surface area (Å²) in [4.78, 5) is 23.5. The van der Waals surface area contributed by atoms with Crippen LogP contribution < -0.4 is 15.6 Å². The van der Waals surface area contributed by atoms with Crippen LogP contribution in [0.25, 0.3) is 0 Å². The van der Waals surface area contributed by atoms with Crippen LogP contribution in [0.5, 0.6) is 5.75 Å². The molecule has 132 valence electrons. The van der Waals surface area contributed by atoms with E-state index in [0.717, 1.165) is 17.5 Å². The molecule has 0 fully saturated rings. The predicted molar refractivity (Wildman–Crippen MR) is 97.1 cm³/mol. The molecular weight excluding hydrogens is 316 g/mol. The molecule has 2 N–H and O–H groups in total. The third kappa shape index (κ3) is 6.67. The Bertz CT molecular complexity index is 711. The topological polar surface area (TPSA) is 67.4 Å². The lowest BCUT2D eigenvalue weighted by atomic mass is 10.1. The highest BCUT2D eigenvalue weighted by Crippen LogP contribution is 2.11. The highest BCUT2D eigenvalue weighted by molar-refractivity contribution is 5.82. The molecule has 0 aliphatic heterocycles. The second kappa shape index (κ2) is 9.47. The summed E-state index contributed by atoms with van der Waals surface area (Å²) in [5.41, 5.74) is 8.19. The SMILES string of the molecule is CCc1ccc(CCC(=O)NNC(=O)COc2cccc(C)c2)cc1. The summed E-state index contributed by atoms with van der Waals surface area (Å²) in [5, 5.41) is 0. The quantitative estimate of drug-likeness (QED) is 0.762. The van der Waals surface area contributed by atoms with Gasteiger partial charge in [0.1, 0.15) is 5.75 Å². The van der Waals surface area contributed by atoms with Gasteiger partial charge in [-0.25, -0.2) is 0 Å². The van der Waals surface area contributed by atoms with Gasteiger partial charge in [-0.05, 0) is 48.6 Å². The third-order valence-electron chi connectivity index (χ3n) is 3.77. The molecule has 0 unspecified atom stereocenters. The van der Waals surface area contributed by atoms with E-state index in [1.54, 1.807) is 6.07 Å². The lowest BCUT2D eigenvalue weighted by molar-refractivity contribution is -0.130. The summed E-state index contributed by atoms with van der Waals surface area (Å²) in [7, 11) is 0. The summed E-state index contributed by atoms with van der Waals surface area (Å²) >= 11 is 0. The number of carbonyl (C=O) groups excluding carboxylic acids is 2. The normalized spacial score (nSPS) is 10.2. The van der Waals surface area contributed by atoms with Crippen LogP contribution in [0.1, 0.15) is 30.0 Å². The number of carbonyl (C=O) groups is 2. The molecular formula is C20H24N2O3. The van der Waals surface area contributed by atoms with E-state index in [1.165, 1.54) is 5.56 Å². The fraction of sp³-hybridized carbons (Fsp3) is 0.300. The van der Waals surface area contributed by atoms with Crippen molar-refractivity contribution in [2.45, 2.75) is 33.1 Å². The summed E-state index contributed by atoms with van der Waals surface area (Å²) in [5.74, 6) is -0.0115. The molecule has 2 aromatic rings. The first-order valence-corrected chi connectivity index (χ1v) is 8.42. The summed E-state index contributed by atoms with van der Waals surface area (Å²) in [6.45, 7) is 3.90. The standard InChI is InChI=1S/C20H24N2O3/c1-3-16-7-9-17(10-8-16)11-12-19(23)21-22-20(24)14-25-18-6-4-5-15(2)13-18/h4-10,13H,3,11-12,14H2,1-2H3,(H,21,23)(H,22,24). The number of benzene rings is 2. The van der Waals surface area contributed by atoms with Crippen LogP contribution in [0.2, 0.25) is 0 Å². The molecule has 0 aromatic heterocycles. The molecule has 2 rings (SSSR count). The van der Waals surface area contributed by atoms with Gasteiger partial charge in [-0.2, -0.15) is 0 Å². The maximum Gasteiger partial charge on any atom is 0.276 e. The van der Waals surface area contributed by atoms with E-state index in [-0.39, 0.29) is 12.5 Å². The van der Waals surface area contributed by atoms with Gasteiger partial charge in [-0.1, -0.05) is 43.3 Å². The van der Waals surface area contributed by atoms with Crippen LogP contribution in [0.15, 0.2) is 48.5 Å². The molecule has 0 aliphatic carbocycles. The minimum atomic E-state index is -0.401. The summed E-state index contributed by atoms with van der Waals surface area (Å²) in [6, 6.07) is 15.6. The summed E-state index contributed by atoms with van der Waals surface area (Å²) < 4.78 is 5.37. The molecule has 5 heteroatoms. The van der Waals surface area contributed by atoms with Gasteiger partial charge >= 0.3 is 0 Å². The molecule has 0 radical (unpaired) electrons. The Hall–Kier alpha value is -2.82. The Labute approximate surface area is 148 Å². The van der Waals surface area contributed by atoms with Crippen LogP contribution in [-0.2, 0) is 22.4 Å². The van der Waals surface area contributed by atoms with Gasteiger partial charge in [-0.15, -0.1) is 0 Å². The van der Waals surface area contributed by atoms with Crippen LogP contribution in [0, 0.1) is 6.92 Å². The summed E-state index contributed by atoms with van der Waals surface area (Å²) in [6.07, 6.45) is 1.94. The second-order valence-corrected chi connectivity index (χ2v) is 5.87. The van der Waals surface area contributed by atoms with Crippen LogP contribution in [-0.4, -0.2) is 18.4 Å². The molecule has 0 saturated carbocycles. The first kappa shape index (κ1) is 18.5. The van der Waals surface area contributed by atoms with Crippen molar-refractivity contribution in [3.8, 4) is 5.75 Å². The number of aryl methyl sites for hydroxylation is 3. The minimum absolute atomic E-state index is 0.151. The fourth-order valence-electron chi connectivity index (χ4n) is 2.29.